The first kappa shape index (κ1) is 18.5. The lowest BCUT2D eigenvalue weighted by molar-refractivity contribution is -0.136. The average molecular weight is 350 g/mol. The molecule has 0 unspecified atom stereocenters. The van der Waals surface area contributed by atoms with Crippen molar-refractivity contribution in [2.75, 3.05) is 10.6 Å². The van der Waals surface area contributed by atoms with Crippen LogP contribution in [0.2, 0.25) is 0 Å². The summed E-state index contributed by atoms with van der Waals surface area (Å²) in [6.07, 6.45) is -4.57. The van der Waals surface area contributed by atoms with E-state index in [0.29, 0.717) is 5.69 Å². The lowest BCUT2D eigenvalue weighted by Gasteiger charge is -2.14. The zero-order valence-electron chi connectivity index (χ0n) is 13.6. The maximum atomic E-state index is 13.0. The van der Waals surface area contributed by atoms with E-state index in [9.17, 15) is 22.8 Å². The molecule has 0 heterocycles. The third-order valence-electron chi connectivity index (χ3n) is 3.40. The molecule has 25 heavy (non-hydrogen) atoms. The summed E-state index contributed by atoms with van der Waals surface area (Å²) in [7, 11) is 0. The summed E-state index contributed by atoms with van der Waals surface area (Å²) in [5.41, 5.74) is -0.710. The molecule has 2 amide bonds. The van der Waals surface area contributed by atoms with E-state index in [1.54, 1.807) is 26.0 Å². The van der Waals surface area contributed by atoms with Crippen LogP contribution in [-0.2, 0) is 11.0 Å². The molecule has 0 spiro atoms. The Hall–Kier alpha value is -2.83. The molecule has 0 aliphatic carbocycles. The molecule has 2 aromatic rings. The third kappa shape index (κ3) is 4.82. The molecule has 0 saturated heterocycles. The maximum Gasteiger partial charge on any atom is 0.418 e. The number of anilines is 2. The van der Waals surface area contributed by atoms with Gasteiger partial charge in [0.05, 0.1) is 11.3 Å². The molecule has 0 bridgehead atoms. The molecule has 0 saturated carbocycles. The highest BCUT2D eigenvalue weighted by Crippen LogP contribution is 2.34. The number of carbonyl (C=O) groups is 2. The molecule has 132 valence electrons. The van der Waals surface area contributed by atoms with Crippen molar-refractivity contribution in [3.8, 4) is 0 Å². The second-order valence-corrected chi connectivity index (χ2v) is 5.72. The van der Waals surface area contributed by atoms with Crippen LogP contribution in [0.15, 0.2) is 48.5 Å². The molecule has 0 radical (unpaired) electrons. The average Bonchev–Trinajstić information content (AvgIpc) is 2.54. The lowest BCUT2D eigenvalue weighted by atomic mass is 10.1. The van der Waals surface area contributed by atoms with Gasteiger partial charge < -0.3 is 10.6 Å². The number of hydrogen-bond acceptors (Lipinski definition) is 2. The number of amides is 2. The van der Waals surface area contributed by atoms with Crippen LogP contribution in [0, 0.1) is 5.92 Å². The number of para-hydroxylation sites is 1. The fourth-order valence-corrected chi connectivity index (χ4v) is 2.06. The molecule has 2 rings (SSSR count). The Labute approximate surface area is 143 Å². The number of nitrogens with one attached hydrogen (secondary N) is 2. The van der Waals surface area contributed by atoms with Crippen molar-refractivity contribution in [1.82, 2.24) is 0 Å². The van der Waals surface area contributed by atoms with E-state index >= 15 is 0 Å². The molecule has 4 nitrogen and oxygen atoms in total. The first-order valence-corrected chi connectivity index (χ1v) is 7.57. The normalized spacial score (nSPS) is 11.3. The van der Waals surface area contributed by atoms with Crippen molar-refractivity contribution in [2.24, 2.45) is 5.92 Å². The Balaban J connectivity index is 2.21. The van der Waals surface area contributed by atoms with E-state index in [2.05, 4.69) is 10.6 Å². The van der Waals surface area contributed by atoms with Gasteiger partial charge in [-0.05, 0) is 30.3 Å². The van der Waals surface area contributed by atoms with Crippen LogP contribution in [0.1, 0.15) is 29.8 Å². The summed E-state index contributed by atoms with van der Waals surface area (Å²) in [4.78, 5) is 24.0. The summed E-state index contributed by atoms with van der Waals surface area (Å²) < 4.78 is 39.0. The molecule has 0 fully saturated rings. The summed E-state index contributed by atoms with van der Waals surface area (Å²) in [6.45, 7) is 3.44. The minimum absolute atomic E-state index is 0.138. The summed E-state index contributed by atoms with van der Waals surface area (Å²) >= 11 is 0. The second kappa shape index (κ2) is 7.38. The summed E-state index contributed by atoms with van der Waals surface area (Å²) in [6, 6.07) is 10.7. The first-order chi connectivity index (χ1) is 11.7. The quantitative estimate of drug-likeness (QED) is 0.850. The van der Waals surface area contributed by atoms with Crippen molar-refractivity contribution in [2.45, 2.75) is 20.0 Å². The van der Waals surface area contributed by atoms with Gasteiger partial charge in [0.1, 0.15) is 0 Å². The Morgan fingerprint density at radius 1 is 0.960 bits per heavy atom. The Kier molecular flexibility index (Phi) is 5.46. The number of alkyl halides is 3. The predicted molar refractivity (Wildman–Crippen MR) is 89.3 cm³/mol. The molecule has 2 N–H and O–H groups in total. The molecule has 0 aromatic heterocycles. The van der Waals surface area contributed by atoms with Crippen LogP contribution in [0.5, 0.6) is 0 Å². The van der Waals surface area contributed by atoms with E-state index in [1.807, 2.05) is 0 Å². The van der Waals surface area contributed by atoms with Crippen LogP contribution in [0.3, 0.4) is 0 Å². The van der Waals surface area contributed by atoms with Gasteiger partial charge in [-0.15, -0.1) is 0 Å². The molecule has 2 aromatic carbocycles. The number of rotatable bonds is 4. The second-order valence-electron chi connectivity index (χ2n) is 5.72. The van der Waals surface area contributed by atoms with Crippen LogP contribution < -0.4 is 10.6 Å². The summed E-state index contributed by atoms with van der Waals surface area (Å²) in [5.74, 6) is -1.16. The van der Waals surface area contributed by atoms with Crippen LogP contribution in [0.25, 0.3) is 0 Å². The van der Waals surface area contributed by atoms with E-state index in [-0.39, 0.29) is 23.1 Å². The fraction of sp³-hybridized carbons (Fsp3) is 0.222. The molecular weight excluding hydrogens is 333 g/mol. The van der Waals surface area contributed by atoms with Crippen molar-refractivity contribution in [1.29, 1.82) is 0 Å². The van der Waals surface area contributed by atoms with Gasteiger partial charge >= 0.3 is 6.18 Å². The van der Waals surface area contributed by atoms with Crippen LogP contribution >= 0.6 is 0 Å². The van der Waals surface area contributed by atoms with E-state index in [0.717, 1.165) is 6.07 Å². The zero-order valence-corrected chi connectivity index (χ0v) is 13.6. The van der Waals surface area contributed by atoms with Crippen molar-refractivity contribution in [3.63, 3.8) is 0 Å². The van der Waals surface area contributed by atoms with Crippen molar-refractivity contribution < 1.29 is 22.8 Å². The van der Waals surface area contributed by atoms with E-state index < -0.39 is 17.6 Å². The molecule has 0 atom stereocenters. The van der Waals surface area contributed by atoms with E-state index in [1.165, 1.54) is 30.3 Å². The van der Waals surface area contributed by atoms with Gasteiger partial charge in [-0.1, -0.05) is 32.0 Å². The number of hydrogen-bond donors (Lipinski definition) is 2. The first-order valence-electron chi connectivity index (χ1n) is 7.57. The minimum atomic E-state index is -4.57. The predicted octanol–water partition coefficient (Wildman–Crippen LogP) is 4.55. The number of halogens is 3. The van der Waals surface area contributed by atoms with Gasteiger partial charge in [-0.3, -0.25) is 9.59 Å². The smallest absolute Gasteiger partial charge is 0.326 e. The Morgan fingerprint density at radius 3 is 2.28 bits per heavy atom. The van der Waals surface area contributed by atoms with Gasteiger partial charge in [-0.25, -0.2) is 0 Å². The molecule has 0 aliphatic rings. The third-order valence-corrected chi connectivity index (χ3v) is 3.40. The van der Waals surface area contributed by atoms with Crippen LogP contribution in [0.4, 0.5) is 24.5 Å². The van der Waals surface area contributed by atoms with Crippen LogP contribution in [-0.4, -0.2) is 11.8 Å². The Bertz CT molecular complexity index is 786. The van der Waals surface area contributed by atoms with Gasteiger partial charge in [0.25, 0.3) is 5.91 Å². The number of benzene rings is 2. The molecule has 0 aliphatic heterocycles. The molecular formula is C18H17F3N2O2. The highest BCUT2D eigenvalue weighted by atomic mass is 19.4. The number of carbonyl (C=O) groups excluding carboxylic acids is 2. The van der Waals surface area contributed by atoms with Crippen molar-refractivity contribution in [3.05, 3.63) is 59.7 Å². The highest BCUT2D eigenvalue weighted by molar-refractivity contribution is 6.05. The van der Waals surface area contributed by atoms with Gasteiger partial charge in [0.2, 0.25) is 5.91 Å². The van der Waals surface area contributed by atoms with Gasteiger partial charge in [0.15, 0.2) is 0 Å². The van der Waals surface area contributed by atoms with Gasteiger partial charge in [-0.2, -0.15) is 13.2 Å². The van der Waals surface area contributed by atoms with Crippen molar-refractivity contribution >= 4 is 23.2 Å². The topological polar surface area (TPSA) is 58.2 Å². The van der Waals surface area contributed by atoms with E-state index in [4.69, 9.17) is 0 Å². The highest BCUT2D eigenvalue weighted by Gasteiger charge is 2.33. The standard InChI is InChI=1S/C18H17F3N2O2/c1-11(2)16(24)22-13-7-5-6-12(10-13)17(25)23-15-9-4-3-8-14(15)18(19,20)21/h3-11H,1-2H3,(H,22,24)(H,23,25). The minimum Gasteiger partial charge on any atom is -0.326 e. The zero-order chi connectivity index (χ0) is 18.6. The maximum absolute atomic E-state index is 13.0. The Morgan fingerprint density at radius 2 is 1.64 bits per heavy atom. The lowest BCUT2D eigenvalue weighted by Crippen LogP contribution is -2.19. The SMILES string of the molecule is CC(C)C(=O)Nc1cccc(C(=O)Nc2ccccc2C(F)(F)F)c1. The summed E-state index contributed by atoms with van der Waals surface area (Å²) in [5, 5.41) is 4.90. The largest absolute Gasteiger partial charge is 0.418 e. The monoisotopic (exact) mass is 350 g/mol. The van der Waals surface area contributed by atoms with Gasteiger partial charge in [0, 0.05) is 17.2 Å². The molecule has 7 heteroatoms. The fourth-order valence-electron chi connectivity index (χ4n) is 2.06.